The van der Waals surface area contributed by atoms with Crippen molar-refractivity contribution in [1.29, 1.82) is 0 Å². The van der Waals surface area contributed by atoms with E-state index in [-0.39, 0.29) is 0 Å². The Hall–Kier alpha value is -2.13. The van der Waals surface area contributed by atoms with E-state index in [0.717, 1.165) is 17.3 Å². The first-order valence-electron chi connectivity index (χ1n) is 11.7. The summed E-state index contributed by atoms with van der Waals surface area (Å²) in [5, 5.41) is 1.40. The molecular formula is C27H37N3. The van der Waals surface area contributed by atoms with Crippen LogP contribution in [0.3, 0.4) is 0 Å². The highest BCUT2D eigenvalue weighted by Gasteiger charge is 2.23. The zero-order valence-corrected chi connectivity index (χ0v) is 19.5. The van der Waals surface area contributed by atoms with Crippen LogP contribution in [0.2, 0.25) is 0 Å². The lowest BCUT2D eigenvalue weighted by Gasteiger charge is -2.33. The number of pyridine rings is 1. The Labute approximate surface area is 181 Å². The lowest BCUT2D eigenvalue weighted by molar-refractivity contribution is 0.192. The normalized spacial score (nSPS) is 16.3. The van der Waals surface area contributed by atoms with Gasteiger partial charge in [-0.3, -0.25) is 4.98 Å². The Bertz CT molecular complexity index is 1000. The minimum absolute atomic E-state index is 0.464. The second-order valence-electron chi connectivity index (χ2n) is 9.98. The van der Waals surface area contributed by atoms with Crippen LogP contribution in [-0.2, 0) is 0 Å². The monoisotopic (exact) mass is 403 g/mol. The van der Waals surface area contributed by atoms with Gasteiger partial charge in [0.25, 0.3) is 0 Å². The number of aromatic amines is 1. The van der Waals surface area contributed by atoms with Gasteiger partial charge in [0.1, 0.15) is 0 Å². The highest BCUT2D eigenvalue weighted by atomic mass is 15.1. The van der Waals surface area contributed by atoms with Crippen LogP contribution in [-0.4, -0.2) is 34.5 Å². The maximum Gasteiger partial charge on any atom is 0.0501 e. The van der Waals surface area contributed by atoms with Crippen molar-refractivity contribution < 1.29 is 0 Å². The Morgan fingerprint density at radius 3 is 2.27 bits per heavy atom. The zero-order chi connectivity index (χ0) is 21.4. The molecule has 1 fully saturated rings. The average molecular weight is 404 g/mol. The van der Waals surface area contributed by atoms with Crippen LogP contribution in [0.15, 0.2) is 30.3 Å². The number of nitrogens with zero attached hydrogens (tertiary/aromatic N) is 2. The summed E-state index contributed by atoms with van der Waals surface area (Å²) in [6, 6.07) is 11.6. The van der Waals surface area contributed by atoms with E-state index >= 15 is 0 Å². The van der Waals surface area contributed by atoms with E-state index in [1.807, 2.05) is 0 Å². The number of benzene rings is 1. The molecular weight excluding hydrogens is 366 g/mol. The van der Waals surface area contributed by atoms with Gasteiger partial charge >= 0.3 is 0 Å². The van der Waals surface area contributed by atoms with E-state index in [1.54, 1.807) is 0 Å². The van der Waals surface area contributed by atoms with Crippen molar-refractivity contribution in [1.82, 2.24) is 14.9 Å². The summed E-state index contributed by atoms with van der Waals surface area (Å²) in [5.74, 6) is 1.90. The topological polar surface area (TPSA) is 31.9 Å². The van der Waals surface area contributed by atoms with Crippen LogP contribution in [0.1, 0.15) is 74.9 Å². The third kappa shape index (κ3) is 4.32. The first kappa shape index (κ1) is 21.1. The molecule has 4 rings (SSSR count). The van der Waals surface area contributed by atoms with Gasteiger partial charge in [0.15, 0.2) is 0 Å². The highest BCUT2D eigenvalue weighted by Crippen LogP contribution is 2.38. The van der Waals surface area contributed by atoms with Gasteiger partial charge < -0.3 is 9.88 Å². The van der Waals surface area contributed by atoms with Crippen LogP contribution in [0, 0.1) is 19.8 Å². The molecule has 0 spiro atoms. The maximum absolute atomic E-state index is 4.57. The van der Waals surface area contributed by atoms with Crippen LogP contribution in [0.5, 0.6) is 0 Å². The largest absolute Gasteiger partial charge is 0.354 e. The van der Waals surface area contributed by atoms with Crippen LogP contribution < -0.4 is 0 Å². The van der Waals surface area contributed by atoms with E-state index in [9.17, 15) is 0 Å². The van der Waals surface area contributed by atoms with Crippen LogP contribution in [0.4, 0.5) is 0 Å². The number of hydrogen-bond donors (Lipinski definition) is 1. The fourth-order valence-electron chi connectivity index (χ4n) is 5.26. The van der Waals surface area contributed by atoms with Crippen molar-refractivity contribution >= 4 is 10.9 Å². The van der Waals surface area contributed by atoms with Gasteiger partial charge in [0.05, 0.1) is 5.69 Å². The Morgan fingerprint density at radius 1 is 1.00 bits per heavy atom. The Kier molecular flexibility index (Phi) is 6.02. The first-order chi connectivity index (χ1) is 14.3. The van der Waals surface area contributed by atoms with E-state index in [2.05, 4.69) is 86.7 Å². The van der Waals surface area contributed by atoms with E-state index < -0.39 is 0 Å². The molecule has 0 bridgehead atoms. The molecule has 0 atom stereocenters. The van der Waals surface area contributed by atoms with Crippen molar-refractivity contribution in [3.05, 3.63) is 52.8 Å². The molecule has 1 N–H and O–H groups in total. The van der Waals surface area contributed by atoms with Gasteiger partial charge in [-0.05, 0) is 92.9 Å². The van der Waals surface area contributed by atoms with Gasteiger partial charge in [0.2, 0.25) is 0 Å². The number of likely N-dealkylation sites (tertiary alicyclic amines) is 1. The van der Waals surface area contributed by atoms with Crippen LogP contribution >= 0.6 is 0 Å². The predicted octanol–water partition coefficient (Wildman–Crippen LogP) is 6.81. The van der Waals surface area contributed by atoms with Crippen molar-refractivity contribution in [3.8, 4) is 11.3 Å². The number of H-pyrrole nitrogens is 1. The number of rotatable bonds is 5. The number of aryl methyl sites for hydroxylation is 2. The molecule has 1 aromatic carbocycles. The number of fused-ring (bicyclic) bond motifs is 1. The molecule has 1 aliphatic rings. The predicted molar refractivity (Wildman–Crippen MR) is 128 cm³/mol. The summed E-state index contributed by atoms with van der Waals surface area (Å²) in [5.41, 5.74) is 8.87. The second-order valence-corrected chi connectivity index (χ2v) is 9.98. The maximum atomic E-state index is 4.57. The smallest absolute Gasteiger partial charge is 0.0501 e. The molecule has 0 amide bonds. The lowest BCUT2D eigenvalue weighted by Crippen LogP contribution is -2.35. The molecule has 3 heterocycles. The third-order valence-electron chi connectivity index (χ3n) is 6.49. The fourth-order valence-corrected chi connectivity index (χ4v) is 5.26. The zero-order valence-electron chi connectivity index (χ0n) is 19.5. The van der Waals surface area contributed by atoms with Crippen molar-refractivity contribution in [2.24, 2.45) is 5.92 Å². The van der Waals surface area contributed by atoms with Crippen molar-refractivity contribution in [2.45, 2.75) is 66.2 Å². The minimum Gasteiger partial charge on any atom is -0.354 e. The molecule has 160 valence electrons. The molecule has 1 aliphatic heterocycles. The standard InChI is InChI=1S/C27H37N3/c1-17(2)16-30-11-9-21(10-12-30)22-7-8-25-24(15-22)26(18(3)4)27(29-25)23-13-19(5)28-20(6)14-23/h7-8,13-15,17-18,21,29H,9-12,16H2,1-6H3. The number of nitrogens with one attached hydrogen (secondary N) is 1. The number of hydrogen-bond acceptors (Lipinski definition) is 2. The van der Waals surface area contributed by atoms with E-state index in [4.69, 9.17) is 0 Å². The molecule has 0 saturated carbocycles. The SMILES string of the molecule is Cc1cc(-c2[nH]c3ccc(C4CCN(CC(C)C)CC4)cc3c2C(C)C)cc(C)n1. The molecule has 30 heavy (non-hydrogen) atoms. The molecule has 0 aliphatic carbocycles. The molecule has 2 aromatic heterocycles. The van der Waals surface area contributed by atoms with Crippen LogP contribution in [0.25, 0.3) is 22.2 Å². The molecule has 3 nitrogen and oxygen atoms in total. The van der Waals surface area contributed by atoms with Crippen molar-refractivity contribution in [2.75, 3.05) is 19.6 Å². The quantitative estimate of drug-likeness (QED) is 0.508. The summed E-state index contributed by atoms with van der Waals surface area (Å²) in [6.07, 6.45) is 2.55. The minimum atomic E-state index is 0.464. The fraction of sp³-hybridized carbons (Fsp3) is 0.519. The van der Waals surface area contributed by atoms with Crippen molar-refractivity contribution in [3.63, 3.8) is 0 Å². The van der Waals surface area contributed by atoms with Gasteiger partial charge in [-0.1, -0.05) is 33.8 Å². The third-order valence-corrected chi connectivity index (χ3v) is 6.49. The second kappa shape index (κ2) is 8.55. The van der Waals surface area contributed by atoms with E-state index in [0.29, 0.717) is 11.8 Å². The Balaban J connectivity index is 1.68. The highest BCUT2D eigenvalue weighted by molar-refractivity contribution is 5.92. The van der Waals surface area contributed by atoms with E-state index in [1.165, 1.54) is 65.8 Å². The van der Waals surface area contributed by atoms with Gasteiger partial charge in [0, 0.05) is 34.4 Å². The molecule has 3 aromatic rings. The average Bonchev–Trinajstić information content (AvgIpc) is 3.06. The summed E-state index contributed by atoms with van der Waals surface area (Å²) in [7, 11) is 0. The summed E-state index contributed by atoms with van der Waals surface area (Å²) >= 11 is 0. The molecule has 0 unspecified atom stereocenters. The lowest BCUT2D eigenvalue weighted by atomic mass is 9.87. The van der Waals surface area contributed by atoms with Gasteiger partial charge in [-0.25, -0.2) is 0 Å². The summed E-state index contributed by atoms with van der Waals surface area (Å²) in [6.45, 7) is 17.1. The van der Waals surface area contributed by atoms with Gasteiger partial charge in [-0.2, -0.15) is 0 Å². The summed E-state index contributed by atoms with van der Waals surface area (Å²) in [4.78, 5) is 10.9. The summed E-state index contributed by atoms with van der Waals surface area (Å²) < 4.78 is 0. The molecule has 3 heteroatoms. The first-order valence-corrected chi connectivity index (χ1v) is 11.7. The number of piperidine rings is 1. The molecule has 0 radical (unpaired) electrons. The number of aromatic nitrogens is 2. The Morgan fingerprint density at radius 2 is 1.67 bits per heavy atom. The molecule has 1 saturated heterocycles. The van der Waals surface area contributed by atoms with Gasteiger partial charge in [-0.15, -0.1) is 0 Å².